The van der Waals surface area contributed by atoms with Crippen molar-refractivity contribution in [2.45, 2.75) is 51.6 Å². The van der Waals surface area contributed by atoms with Crippen LogP contribution in [0.1, 0.15) is 46.5 Å². The van der Waals surface area contributed by atoms with Gasteiger partial charge in [-0.2, -0.15) is 0 Å². The highest BCUT2D eigenvalue weighted by molar-refractivity contribution is 7.50. The molecule has 0 aromatic heterocycles. The maximum atomic E-state index is 11.0. The maximum Gasteiger partial charge on any atom is -0.00249 e. The Kier molecular flexibility index (Phi) is 4.46. The lowest BCUT2D eigenvalue weighted by molar-refractivity contribution is -0.321. The van der Waals surface area contributed by atoms with Crippen molar-refractivity contribution in [2.75, 3.05) is 0 Å². The van der Waals surface area contributed by atoms with Gasteiger partial charge >= 0.3 is 0 Å². The fourth-order valence-electron chi connectivity index (χ4n) is 1.59. The van der Waals surface area contributed by atoms with Gasteiger partial charge in [0.25, 0.3) is 0 Å². The summed E-state index contributed by atoms with van der Waals surface area (Å²) in [6, 6.07) is 0. The molecule has 3 nitrogen and oxygen atoms in total. The van der Waals surface area contributed by atoms with Crippen LogP contribution in [0.5, 0.6) is 0 Å². The molecule has 0 fully saturated rings. The first kappa shape index (κ1) is 12.2. The molecule has 0 aromatic rings. The lowest BCUT2D eigenvalue weighted by Crippen LogP contribution is -2.38. The third kappa shape index (κ3) is 2.32. The van der Waals surface area contributed by atoms with E-state index >= 15 is 0 Å². The zero-order valence-corrected chi connectivity index (χ0v) is 8.89. The summed E-state index contributed by atoms with van der Waals surface area (Å²) in [6.45, 7) is 5.43. The molecule has 0 aliphatic rings. The molecule has 12 heavy (non-hydrogen) atoms. The van der Waals surface area contributed by atoms with Gasteiger partial charge in [0.1, 0.15) is 0 Å². The van der Waals surface area contributed by atoms with Gasteiger partial charge in [-0.3, -0.25) is 0 Å². The molecular weight excluding hydrogens is 175 g/mol. The average Bonchev–Trinajstić information content (AvgIpc) is 1.98. The van der Waals surface area contributed by atoms with Crippen molar-refractivity contribution in [3.05, 3.63) is 0 Å². The molecule has 0 amide bonds. The summed E-state index contributed by atoms with van der Waals surface area (Å²) in [5, 5.41) is -0.984. The molecule has 4 heteroatoms. The highest BCUT2D eigenvalue weighted by atomic mass is 31.2. The van der Waals surface area contributed by atoms with E-state index in [1.165, 1.54) is 0 Å². The van der Waals surface area contributed by atoms with Crippen LogP contribution in [0.25, 0.3) is 0 Å². The van der Waals surface area contributed by atoms with Gasteiger partial charge in [0.05, 0.1) is 0 Å². The second-order valence-electron chi connectivity index (χ2n) is 3.18. The van der Waals surface area contributed by atoms with Crippen LogP contribution < -0.4 is 9.79 Å². The fraction of sp³-hybridized carbons (Fsp3) is 1.00. The summed E-state index contributed by atoms with van der Waals surface area (Å²) < 4.78 is 11.0. The lowest BCUT2D eigenvalue weighted by atomic mass is 9.97. The van der Waals surface area contributed by atoms with Crippen LogP contribution >= 0.6 is 7.60 Å². The summed E-state index contributed by atoms with van der Waals surface area (Å²) in [6.07, 6.45) is 2.10. The standard InChI is InChI=1S/C8H19O3P/c1-4-7-8(5-2,6-3)12(9,10)11/h4-7H2,1-3H3,(H2,9,10,11)/p-2. The van der Waals surface area contributed by atoms with Crippen LogP contribution in [0.3, 0.4) is 0 Å². The summed E-state index contributed by atoms with van der Waals surface area (Å²) in [7, 11) is -4.42. The van der Waals surface area contributed by atoms with E-state index < -0.39 is 12.8 Å². The molecule has 0 radical (unpaired) electrons. The van der Waals surface area contributed by atoms with E-state index in [-0.39, 0.29) is 0 Å². The minimum Gasteiger partial charge on any atom is -0.810 e. The van der Waals surface area contributed by atoms with Crippen molar-refractivity contribution in [1.29, 1.82) is 0 Å². The van der Waals surface area contributed by atoms with Crippen molar-refractivity contribution < 1.29 is 14.4 Å². The fourth-order valence-corrected chi connectivity index (χ4v) is 2.87. The Morgan fingerprint density at radius 3 is 1.67 bits per heavy atom. The van der Waals surface area contributed by atoms with E-state index in [4.69, 9.17) is 0 Å². The molecule has 0 unspecified atom stereocenters. The van der Waals surface area contributed by atoms with E-state index in [1.807, 2.05) is 6.92 Å². The molecule has 0 atom stereocenters. The highest BCUT2D eigenvalue weighted by Crippen LogP contribution is 2.50. The van der Waals surface area contributed by atoms with Crippen LogP contribution in [0.15, 0.2) is 0 Å². The van der Waals surface area contributed by atoms with E-state index in [1.54, 1.807) is 13.8 Å². The van der Waals surface area contributed by atoms with Gasteiger partial charge in [-0.1, -0.05) is 34.8 Å². The molecule has 0 aliphatic carbocycles. The van der Waals surface area contributed by atoms with E-state index in [0.717, 1.165) is 6.42 Å². The average molecular weight is 192 g/mol. The second kappa shape index (κ2) is 4.40. The molecule has 0 rings (SSSR count). The van der Waals surface area contributed by atoms with Crippen molar-refractivity contribution in [1.82, 2.24) is 0 Å². The Hall–Kier alpha value is 0.150. The molecule has 74 valence electrons. The molecule has 0 bridgehead atoms. The molecule has 0 heterocycles. The summed E-state index contributed by atoms with van der Waals surface area (Å²) in [5.41, 5.74) is 0. The molecule has 0 aliphatic heterocycles. The van der Waals surface area contributed by atoms with E-state index in [9.17, 15) is 14.4 Å². The summed E-state index contributed by atoms with van der Waals surface area (Å²) in [4.78, 5) is 22.0. The van der Waals surface area contributed by atoms with Crippen LogP contribution in [0.2, 0.25) is 0 Å². The molecule has 0 N–H and O–H groups in total. The molecular formula is C8H17O3P-2. The quantitative estimate of drug-likeness (QED) is 0.616. The Bertz CT molecular complexity index is 169. The van der Waals surface area contributed by atoms with Gasteiger partial charge in [0.15, 0.2) is 0 Å². The van der Waals surface area contributed by atoms with Gasteiger partial charge in [-0.05, 0) is 24.4 Å². The largest absolute Gasteiger partial charge is 0.810 e. The van der Waals surface area contributed by atoms with Gasteiger partial charge in [-0.15, -0.1) is 0 Å². The molecule has 0 saturated heterocycles. The number of rotatable bonds is 5. The zero-order valence-electron chi connectivity index (χ0n) is 8.00. The maximum absolute atomic E-state index is 11.0. The van der Waals surface area contributed by atoms with Crippen molar-refractivity contribution in [2.24, 2.45) is 0 Å². The van der Waals surface area contributed by atoms with Crippen LogP contribution in [-0.2, 0) is 4.57 Å². The van der Waals surface area contributed by atoms with Crippen molar-refractivity contribution in [3.63, 3.8) is 0 Å². The highest BCUT2D eigenvalue weighted by Gasteiger charge is 2.28. The van der Waals surface area contributed by atoms with Gasteiger partial charge in [-0.25, -0.2) is 0 Å². The Labute approximate surface area is 74.3 Å². The normalized spacial score (nSPS) is 13.4. The van der Waals surface area contributed by atoms with E-state index in [0.29, 0.717) is 19.3 Å². The predicted molar refractivity (Wildman–Crippen MR) is 45.8 cm³/mol. The Morgan fingerprint density at radius 1 is 1.17 bits per heavy atom. The first-order valence-electron chi connectivity index (χ1n) is 4.45. The minimum atomic E-state index is -4.42. The zero-order chi connectivity index (χ0) is 9.83. The second-order valence-corrected chi connectivity index (χ2v) is 5.12. The van der Waals surface area contributed by atoms with Gasteiger partial charge < -0.3 is 14.4 Å². The lowest BCUT2D eigenvalue weighted by Gasteiger charge is -2.49. The van der Waals surface area contributed by atoms with Gasteiger partial charge in [0.2, 0.25) is 0 Å². The molecule has 0 aromatic carbocycles. The van der Waals surface area contributed by atoms with E-state index in [2.05, 4.69) is 0 Å². The molecule has 0 saturated carbocycles. The Morgan fingerprint density at radius 2 is 1.58 bits per heavy atom. The predicted octanol–water partition coefficient (Wildman–Crippen LogP) is 1.26. The molecule has 0 spiro atoms. The minimum absolute atomic E-state index is 0.432. The SMILES string of the molecule is CCCC(CC)(CC)P(=O)([O-])[O-]. The van der Waals surface area contributed by atoms with Gasteiger partial charge in [0, 0.05) is 0 Å². The summed E-state index contributed by atoms with van der Waals surface area (Å²) >= 11 is 0. The summed E-state index contributed by atoms with van der Waals surface area (Å²) in [5.74, 6) is 0. The smallest absolute Gasteiger partial charge is 0.00249 e. The van der Waals surface area contributed by atoms with Crippen LogP contribution in [0, 0.1) is 0 Å². The monoisotopic (exact) mass is 192 g/mol. The van der Waals surface area contributed by atoms with Crippen molar-refractivity contribution in [3.8, 4) is 0 Å². The van der Waals surface area contributed by atoms with Crippen LogP contribution in [0.4, 0.5) is 0 Å². The first-order chi connectivity index (χ1) is 5.43. The van der Waals surface area contributed by atoms with Crippen molar-refractivity contribution >= 4 is 7.60 Å². The number of hydrogen-bond donors (Lipinski definition) is 0. The third-order valence-corrected chi connectivity index (χ3v) is 4.63. The van der Waals surface area contributed by atoms with Crippen LogP contribution in [-0.4, -0.2) is 5.16 Å². The third-order valence-electron chi connectivity index (χ3n) is 2.61. The Balaban J connectivity index is 4.70. The topological polar surface area (TPSA) is 63.2 Å². The first-order valence-corrected chi connectivity index (χ1v) is 6.00. The number of hydrogen-bond acceptors (Lipinski definition) is 3.